The fourth-order valence-corrected chi connectivity index (χ4v) is 2.73. The summed E-state index contributed by atoms with van der Waals surface area (Å²) in [6.07, 6.45) is 3.68. The van der Waals surface area contributed by atoms with Gasteiger partial charge in [-0.15, -0.1) is 35.3 Å². The average molecular weight is 438 g/mol. The van der Waals surface area contributed by atoms with E-state index in [-0.39, 0.29) is 24.0 Å². The molecule has 0 unspecified atom stereocenters. The van der Waals surface area contributed by atoms with Crippen LogP contribution in [-0.2, 0) is 17.7 Å². The van der Waals surface area contributed by atoms with Crippen LogP contribution < -0.4 is 5.32 Å². The quantitative estimate of drug-likeness (QED) is 0.294. The fraction of sp³-hybridized carbons (Fsp3) is 0.733. The number of hydrogen-bond acceptors (Lipinski definition) is 4. The van der Waals surface area contributed by atoms with Gasteiger partial charge in [0.05, 0.1) is 23.9 Å². The molecule has 2 rings (SSSR count). The lowest BCUT2D eigenvalue weighted by molar-refractivity contribution is 0.115. The molecule has 126 valence electrons. The lowest BCUT2D eigenvalue weighted by atomic mass is 10.4. The first-order valence-corrected chi connectivity index (χ1v) is 8.53. The molecule has 0 radical (unpaired) electrons. The lowest BCUT2D eigenvalue weighted by Gasteiger charge is -2.21. The maximum Gasteiger partial charge on any atom is 0.193 e. The molecule has 0 bridgehead atoms. The van der Waals surface area contributed by atoms with Gasteiger partial charge in [-0.05, 0) is 25.2 Å². The molecule has 5 nitrogen and oxygen atoms in total. The minimum Gasteiger partial charge on any atom is -0.379 e. The summed E-state index contributed by atoms with van der Waals surface area (Å²) in [5, 5.41) is 6.64. The van der Waals surface area contributed by atoms with Gasteiger partial charge in [0.1, 0.15) is 0 Å². The Balaban J connectivity index is 0.00000242. The summed E-state index contributed by atoms with van der Waals surface area (Å²) < 4.78 is 5.67. The van der Waals surface area contributed by atoms with Gasteiger partial charge in [0.15, 0.2) is 5.96 Å². The van der Waals surface area contributed by atoms with E-state index in [0.717, 1.165) is 50.3 Å². The molecule has 7 heteroatoms. The Morgan fingerprint density at radius 3 is 2.91 bits per heavy atom. The van der Waals surface area contributed by atoms with E-state index < -0.39 is 0 Å². The Morgan fingerprint density at radius 2 is 2.32 bits per heavy atom. The predicted octanol–water partition coefficient (Wildman–Crippen LogP) is 2.76. The number of aryl methyl sites for hydroxylation is 1. The summed E-state index contributed by atoms with van der Waals surface area (Å²) in [5.41, 5.74) is 1.08. The van der Waals surface area contributed by atoms with Crippen molar-refractivity contribution >= 4 is 41.3 Å². The minimum absolute atomic E-state index is 0. The highest BCUT2D eigenvalue weighted by Gasteiger charge is 2.21. The number of rotatable bonds is 8. The van der Waals surface area contributed by atoms with Gasteiger partial charge in [-0.25, -0.2) is 4.98 Å². The summed E-state index contributed by atoms with van der Waals surface area (Å²) in [6.45, 7) is 5.37. The fourth-order valence-electron chi connectivity index (χ4n) is 1.99. The van der Waals surface area contributed by atoms with E-state index >= 15 is 0 Å². The van der Waals surface area contributed by atoms with Crippen LogP contribution >= 0.6 is 35.3 Å². The van der Waals surface area contributed by atoms with Gasteiger partial charge in [-0.3, -0.25) is 4.99 Å². The molecular weight excluding hydrogens is 411 g/mol. The largest absolute Gasteiger partial charge is 0.379 e. The first-order chi connectivity index (χ1) is 10.2. The Bertz CT molecular complexity index is 462. The second kappa shape index (κ2) is 10.4. The van der Waals surface area contributed by atoms with Crippen molar-refractivity contribution in [2.75, 3.05) is 33.9 Å². The zero-order chi connectivity index (χ0) is 15.1. The molecule has 1 aromatic heterocycles. The van der Waals surface area contributed by atoms with Crippen LogP contribution in [0.15, 0.2) is 10.4 Å². The number of ether oxygens (including phenoxy) is 1. The smallest absolute Gasteiger partial charge is 0.193 e. The molecule has 1 N–H and O–H groups in total. The van der Waals surface area contributed by atoms with Crippen molar-refractivity contribution in [3.05, 3.63) is 16.1 Å². The van der Waals surface area contributed by atoms with Crippen LogP contribution in [-0.4, -0.2) is 49.7 Å². The zero-order valence-electron chi connectivity index (χ0n) is 13.7. The first kappa shape index (κ1) is 19.6. The highest BCUT2D eigenvalue weighted by atomic mass is 127. The zero-order valence-corrected chi connectivity index (χ0v) is 16.8. The van der Waals surface area contributed by atoms with Crippen LogP contribution in [0.5, 0.6) is 0 Å². The number of guanidine groups is 1. The molecule has 1 heterocycles. The van der Waals surface area contributed by atoms with E-state index in [2.05, 4.69) is 32.5 Å². The normalized spacial score (nSPS) is 14.6. The summed E-state index contributed by atoms with van der Waals surface area (Å²) in [6, 6.07) is 0. The van der Waals surface area contributed by atoms with Gasteiger partial charge in [0, 0.05) is 32.6 Å². The van der Waals surface area contributed by atoms with Crippen LogP contribution in [0, 0.1) is 5.92 Å². The first-order valence-electron chi connectivity index (χ1n) is 7.65. The molecule has 1 saturated carbocycles. The SMILES string of the molecule is CCc1nc(CNC(=NC)N(C)CCOCC2CC2)cs1.I. The molecule has 1 fully saturated rings. The third-order valence-corrected chi connectivity index (χ3v) is 4.57. The van der Waals surface area contributed by atoms with Crippen molar-refractivity contribution in [1.82, 2.24) is 15.2 Å². The molecule has 0 aromatic carbocycles. The van der Waals surface area contributed by atoms with Crippen LogP contribution in [0.25, 0.3) is 0 Å². The highest BCUT2D eigenvalue weighted by molar-refractivity contribution is 14.0. The number of halogens is 1. The molecule has 0 amide bonds. The summed E-state index contributed by atoms with van der Waals surface area (Å²) >= 11 is 1.72. The standard InChI is InChI=1S/C15H26N4OS.HI/c1-4-14-18-13(11-21-14)9-17-15(16-2)19(3)7-8-20-10-12-5-6-12;/h11-12H,4-10H2,1-3H3,(H,16,17);1H. The van der Waals surface area contributed by atoms with Crippen LogP contribution in [0.2, 0.25) is 0 Å². The number of aliphatic imine (C=N–C) groups is 1. The second-order valence-electron chi connectivity index (χ2n) is 5.43. The van der Waals surface area contributed by atoms with E-state index in [1.165, 1.54) is 17.8 Å². The molecule has 0 saturated heterocycles. The monoisotopic (exact) mass is 438 g/mol. The lowest BCUT2D eigenvalue weighted by Crippen LogP contribution is -2.40. The number of nitrogens with zero attached hydrogens (tertiary/aromatic N) is 3. The molecular formula is C15H27IN4OS. The van der Waals surface area contributed by atoms with Gasteiger partial charge in [0.25, 0.3) is 0 Å². The van der Waals surface area contributed by atoms with E-state index in [4.69, 9.17) is 4.74 Å². The summed E-state index contributed by atoms with van der Waals surface area (Å²) in [5.74, 6) is 1.71. The molecule has 0 atom stereocenters. The van der Waals surface area contributed by atoms with E-state index in [9.17, 15) is 0 Å². The number of aromatic nitrogens is 1. The van der Waals surface area contributed by atoms with Crippen LogP contribution in [0.4, 0.5) is 0 Å². The Morgan fingerprint density at radius 1 is 1.55 bits per heavy atom. The van der Waals surface area contributed by atoms with Gasteiger partial charge < -0.3 is 15.0 Å². The Labute approximate surface area is 154 Å². The molecule has 1 aromatic rings. The number of hydrogen-bond donors (Lipinski definition) is 1. The molecule has 22 heavy (non-hydrogen) atoms. The Kier molecular flexibility index (Phi) is 9.27. The summed E-state index contributed by atoms with van der Waals surface area (Å²) in [4.78, 5) is 11.0. The van der Waals surface area contributed by atoms with Gasteiger partial charge in [-0.2, -0.15) is 0 Å². The van der Waals surface area contributed by atoms with Crippen molar-refractivity contribution < 1.29 is 4.74 Å². The van der Waals surface area contributed by atoms with E-state index in [1.807, 2.05) is 14.1 Å². The second-order valence-corrected chi connectivity index (χ2v) is 6.37. The van der Waals surface area contributed by atoms with Crippen molar-refractivity contribution in [1.29, 1.82) is 0 Å². The minimum atomic E-state index is 0. The number of likely N-dealkylation sites (N-methyl/N-ethyl adjacent to an activating group) is 1. The highest BCUT2D eigenvalue weighted by Crippen LogP contribution is 2.28. The van der Waals surface area contributed by atoms with E-state index in [1.54, 1.807) is 11.3 Å². The summed E-state index contributed by atoms with van der Waals surface area (Å²) in [7, 11) is 3.84. The molecule has 0 spiro atoms. The third kappa shape index (κ3) is 6.78. The van der Waals surface area contributed by atoms with Crippen LogP contribution in [0.3, 0.4) is 0 Å². The molecule has 0 aliphatic heterocycles. The molecule has 1 aliphatic carbocycles. The third-order valence-electron chi connectivity index (χ3n) is 3.52. The van der Waals surface area contributed by atoms with Crippen molar-refractivity contribution in [3.63, 3.8) is 0 Å². The van der Waals surface area contributed by atoms with Gasteiger partial charge in [-0.1, -0.05) is 6.92 Å². The number of thiazole rings is 1. The molecule has 1 aliphatic rings. The van der Waals surface area contributed by atoms with E-state index in [0.29, 0.717) is 0 Å². The number of nitrogens with one attached hydrogen (secondary N) is 1. The predicted molar refractivity (Wildman–Crippen MR) is 103 cm³/mol. The van der Waals surface area contributed by atoms with Crippen LogP contribution in [0.1, 0.15) is 30.5 Å². The van der Waals surface area contributed by atoms with Crippen molar-refractivity contribution in [3.8, 4) is 0 Å². The average Bonchev–Trinajstić information content (AvgIpc) is 3.21. The van der Waals surface area contributed by atoms with Crippen molar-refractivity contribution in [2.45, 2.75) is 32.7 Å². The van der Waals surface area contributed by atoms with Gasteiger partial charge in [0.2, 0.25) is 0 Å². The maximum atomic E-state index is 5.67. The van der Waals surface area contributed by atoms with Crippen molar-refractivity contribution in [2.24, 2.45) is 10.9 Å². The topological polar surface area (TPSA) is 49.8 Å². The Hall–Kier alpha value is -0.410. The maximum absolute atomic E-state index is 5.67. The van der Waals surface area contributed by atoms with Gasteiger partial charge >= 0.3 is 0 Å².